The highest BCUT2D eigenvalue weighted by atomic mass is 19.1. The number of benzene rings is 3. The van der Waals surface area contributed by atoms with E-state index in [0.29, 0.717) is 25.2 Å². The minimum atomic E-state index is -0.252. The summed E-state index contributed by atoms with van der Waals surface area (Å²) in [5.41, 5.74) is 4.76. The summed E-state index contributed by atoms with van der Waals surface area (Å²) in [6, 6.07) is 28.4. The average molecular weight is 552 g/mol. The predicted octanol–water partition coefficient (Wildman–Crippen LogP) is 7.17. The summed E-state index contributed by atoms with van der Waals surface area (Å²) in [6.45, 7) is 3.50. The molecule has 1 fully saturated rings. The van der Waals surface area contributed by atoms with Crippen molar-refractivity contribution in [3.05, 3.63) is 120 Å². The molecule has 2 amide bonds. The number of hydrogen-bond acceptors (Lipinski definition) is 2. The van der Waals surface area contributed by atoms with Gasteiger partial charge in [0.2, 0.25) is 5.91 Å². The molecule has 0 unspecified atom stereocenters. The summed E-state index contributed by atoms with van der Waals surface area (Å²) in [6.07, 6.45) is 7.36. The molecule has 6 heteroatoms. The number of aromatic nitrogens is 1. The first-order valence-corrected chi connectivity index (χ1v) is 14.6. The summed E-state index contributed by atoms with van der Waals surface area (Å²) in [4.78, 5) is 31.0. The number of nitrogens with zero attached hydrogens (tertiary/aromatic N) is 3. The fourth-order valence-corrected chi connectivity index (χ4v) is 5.72. The molecule has 1 saturated carbocycles. The molecule has 0 radical (unpaired) electrons. The van der Waals surface area contributed by atoms with E-state index in [1.807, 2.05) is 84.8 Å². The molecular formula is C35H38FN3O2. The third-order valence-electron chi connectivity index (χ3n) is 8.09. The molecule has 5 rings (SSSR count). The Morgan fingerprint density at radius 2 is 1.51 bits per heavy atom. The fraction of sp³-hybridized carbons (Fsp3) is 0.314. The summed E-state index contributed by atoms with van der Waals surface area (Å²) in [5.74, 6) is -0.413. The summed E-state index contributed by atoms with van der Waals surface area (Å²) < 4.78 is 15.5. The lowest BCUT2D eigenvalue weighted by atomic mass is 9.94. The highest BCUT2D eigenvalue weighted by Gasteiger charge is 2.28. The topological polar surface area (TPSA) is 45.6 Å². The minimum Gasteiger partial charge on any atom is -0.345 e. The predicted molar refractivity (Wildman–Crippen MR) is 161 cm³/mol. The van der Waals surface area contributed by atoms with E-state index in [0.717, 1.165) is 48.1 Å². The van der Waals surface area contributed by atoms with Crippen LogP contribution in [0.1, 0.15) is 60.6 Å². The average Bonchev–Trinajstić information content (AvgIpc) is 3.46. The van der Waals surface area contributed by atoms with Crippen molar-refractivity contribution in [1.29, 1.82) is 0 Å². The second-order valence-electron chi connectivity index (χ2n) is 10.8. The second kappa shape index (κ2) is 13.4. The highest BCUT2D eigenvalue weighted by molar-refractivity contribution is 5.97. The van der Waals surface area contributed by atoms with Crippen LogP contribution in [0.5, 0.6) is 0 Å². The molecule has 0 aliphatic heterocycles. The first-order chi connectivity index (χ1) is 20.0. The van der Waals surface area contributed by atoms with Gasteiger partial charge in [-0.25, -0.2) is 4.39 Å². The molecule has 0 saturated heterocycles. The summed E-state index contributed by atoms with van der Waals surface area (Å²) >= 11 is 0. The Bertz CT molecular complexity index is 1420. The normalized spacial score (nSPS) is 13.6. The minimum absolute atomic E-state index is 0.0254. The first-order valence-electron chi connectivity index (χ1n) is 14.6. The van der Waals surface area contributed by atoms with Crippen LogP contribution in [0.15, 0.2) is 97.2 Å². The van der Waals surface area contributed by atoms with Gasteiger partial charge in [0, 0.05) is 36.6 Å². The molecule has 41 heavy (non-hydrogen) atoms. The third kappa shape index (κ3) is 7.12. The zero-order valence-corrected chi connectivity index (χ0v) is 23.7. The van der Waals surface area contributed by atoms with Gasteiger partial charge in [-0.05, 0) is 72.9 Å². The van der Waals surface area contributed by atoms with Gasteiger partial charge in [-0.15, -0.1) is 0 Å². The van der Waals surface area contributed by atoms with E-state index in [1.165, 1.54) is 18.6 Å². The Hall–Kier alpha value is -4.19. The number of halogens is 1. The Balaban J connectivity index is 1.31. The van der Waals surface area contributed by atoms with Gasteiger partial charge < -0.3 is 14.4 Å². The molecule has 3 aromatic carbocycles. The SMILES string of the molecule is CCN(CC(=O)N(Cc1cccn1Cc1ccc(F)cc1)C1CCCCC1)C(=O)c1ccc(-c2ccccc2)cc1. The number of likely N-dealkylation sites (N-methyl/N-ethyl adjacent to an activating group) is 1. The molecule has 0 N–H and O–H groups in total. The Morgan fingerprint density at radius 1 is 0.829 bits per heavy atom. The van der Waals surface area contributed by atoms with E-state index in [-0.39, 0.29) is 30.2 Å². The number of rotatable bonds is 10. The van der Waals surface area contributed by atoms with Crippen LogP contribution in [0.4, 0.5) is 4.39 Å². The molecule has 0 spiro atoms. The van der Waals surface area contributed by atoms with Crippen LogP contribution in [-0.2, 0) is 17.9 Å². The van der Waals surface area contributed by atoms with Gasteiger partial charge in [-0.3, -0.25) is 9.59 Å². The Morgan fingerprint density at radius 3 is 2.20 bits per heavy atom. The van der Waals surface area contributed by atoms with Gasteiger partial charge in [-0.1, -0.05) is 73.9 Å². The van der Waals surface area contributed by atoms with Crippen molar-refractivity contribution in [3.8, 4) is 11.1 Å². The van der Waals surface area contributed by atoms with Crippen molar-refractivity contribution in [2.24, 2.45) is 0 Å². The molecule has 0 atom stereocenters. The van der Waals surface area contributed by atoms with E-state index in [4.69, 9.17) is 0 Å². The number of hydrogen-bond donors (Lipinski definition) is 0. The van der Waals surface area contributed by atoms with Crippen molar-refractivity contribution in [2.45, 2.75) is 58.2 Å². The first kappa shape index (κ1) is 28.3. The number of amides is 2. The quantitative estimate of drug-likeness (QED) is 0.210. The van der Waals surface area contributed by atoms with Crippen LogP contribution < -0.4 is 0 Å². The molecule has 1 aliphatic carbocycles. The van der Waals surface area contributed by atoms with Crippen LogP contribution in [0, 0.1) is 5.82 Å². The Kier molecular flexibility index (Phi) is 9.29. The maximum atomic E-state index is 13.9. The largest absolute Gasteiger partial charge is 0.345 e. The fourth-order valence-electron chi connectivity index (χ4n) is 5.72. The lowest BCUT2D eigenvalue weighted by Gasteiger charge is -2.36. The van der Waals surface area contributed by atoms with Crippen LogP contribution in [0.3, 0.4) is 0 Å². The highest BCUT2D eigenvalue weighted by Crippen LogP contribution is 2.25. The molecule has 5 nitrogen and oxygen atoms in total. The van der Waals surface area contributed by atoms with Gasteiger partial charge in [-0.2, -0.15) is 0 Å². The van der Waals surface area contributed by atoms with Crippen molar-refractivity contribution in [2.75, 3.05) is 13.1 Å². The maximum absolute atomic E-state index is 13.9. The smallest absolute Gasteiger partial charge is 0.254 e. The summed E-state index contributed by atoms with van der Waals surface area (Å²) in [7, 11) is 0. The van der Waals surface area contributed by atoms with Crippen molar-refractivity contribution in [1.82, 2.24) is 14.4 Å². The van der Waals surface area contributed by atoms with E-state index >= 15 is 0 Å². The zero-order valence-electron chi connectivity index (χ0n) is 23.7. The van der Waals surface area contributed by atoms with Crippen LogP contribution in [-0.4, -0.2) is 45.3 Å². The van der Waals surface area contributed by atoms with Gasteiger partial charge in [0.1, 0.15) is 12.4 Å². The molecule has 212 valence electrons. The van der Waals surface area contributed by atoms with Crippen molar-refractivity contribution >= 4 is 11.8 Å². The standard InChI is InChI=1S/C35H38FN3O2/c1-2-37(35(41)30-19-17-29(18-20-30)28-10-5-3-6-11-28)26-34(40)39(32-12-7-4-8-13-32)25-33-14-9-23-38(33)24-27-15-21-31(36)22-16-27/h3,5-6,9-11,14-23,32H,2,4,7-8,12-13,24-26H2,1H3. The van der Waals surface area contributed by atoms with Crippen LogP contribution in [0.25, 0.3) is 11.1 Å². The summed E-state index contributed by atoms with van der Waals surface area (Å²) in [5, 5.41) is 0. The van der Waals surface area contributed by atoms with Crippen molar-refractivity contribution < 1.29 is 14.0 Å². The second-order valence-corrected chi connectivity index (χ2v) is 10.8. The number of carbonyl (C=O) groups is 2. The lowest BCUT2D eigenvalue weighted by molar-refractivity contribution is -0.135. The molecule has 0 bridgehead atoms. The van der Waals surface area contributed by atoms with Crippen LogP contribution in [0.2, 0.25) is 0 Å². The van der Waals surface area contributed by atoms with E-state index in [9.17, 15) is 14.0 Å². The third-order valence-corrected chi connectivity index (χ3v) is 8.09. The monoisotopic (exact) mass is 551 g/mol. The lowest BCUT2D eigenvalue weighted by Crippen LogP contribution is -2.47. The van der Waals surface area contributed by atoms with Crippen LogP contribution >= 0.6 is 0 Å². The zero-order chi connectivity index (χ0) is 28.6. The van der Waals surface area contributed by atoms with Gasteiger partial charge in [0.25, 0.3) is 5.91 Å². The van der Waals surface area contributed by atoms with E-state index in [1.54, 1.807) is 17.0 Å². The van der Waals surface area contributed by atoms with E-state index in [2.05, 4.69) is 4.57 Å². The van der Waals surface area contributed by atoms with Gasteiger partial charge in [0.05, 0.1) is 6.54 Å². The molecule has 1 aliphatic rings. The van der Waals surface area contributed by atoms with Gasteiger partial charge >= 0.3 is 0 Å². The van der Waals surface area contributed by atoms with Gasteiger partial charge in [0.15, 0.2) is 0 Å². The molecular weight excluding hydrogens is 513 g/mol. The number of carbonyl (C=O) groups excluding carboxylic acids is 2. The molecule has 1 heterocycles. The van der Waals surface area contributed by atoms with Crippen molar-refractivity contribution in [3.63, 3.8) is 0 Å². The van der Waals surface area contributed by atoms with E-state index < -0.39 is 0 Å². The molecule has 4 aromatic rings. The molecule has 1 aromatic heterocycles. The maximum Gasteiger partial charge on any atom is 0.254 e. The Labute approximate surface area is 242 Å².